The molecule has 0 saturated carbocycles. The molecule has 1 N–H and O–H groups in total. The fraction of sp³-hybridized carbons (Fsp3) is 0.889. The van der Waals surface area contributed by atoms with Crippen LogP contribution in [-0.4, -0.2) is 37.9 Å². The van der Waals surface area contributed by atoms with Gasteiger partial charge in [0.25, 0.3) is 0 Å². The van der Waals surface area contributed by atoms with E-state index in [4.69, 9.17) is 9.47 Å². The highest BCUT2D eigenvalue weighted by atomic mass is 16.5. The summed E-state index contributed by atoms with van der Waals surface area (Å²) in [4.78, 5) is 10.8. The SMILES string of the molecule is O=C1COC(C2CCCCO2)CN1. The Labute approximate surface area is 77.6 Å². The number of ether oxygens (including phenoxy) is 2. The van der Waals surface area contributed by atoms with Crippen molar-refractivity contribution >= 4 is 5.91 Å². The maximum absolute atomic E-state index is 10.8. The Kier molecular flexibility index (Phi) is 2.80. The lowest BCUT2D eigenvalue weighted by atomic mass is 10.0. The molecule has 1 amide bonds. The Morgan fingerprint density at radius 1 is 1.23 bits per heavy atom. The molecule has 2 aliphatic heterocycles. The van der Waals surface area contributed by atoms with Crippen LogP contribution in [0, 0.1) is 0 Å². The highest BCUT2D eigenvalue weighted by molar-refractivity contribution is 5.77. The van der Waals surface area contributed by atoms with E-state index < -0.39 is 0 Å². The number of carbonyl (C=O) groups excluding carboxylic acids is 1. The fourth-order valence-corrected chi connectivity index (χ4v) is 1.80. The Balaban J connectivity index is 1.82. The lowest BCUT2D eigenvalue weighted by molar-refractivity contribution is -0.144. The number of morpholine rings is 1. The van der Waals surface area contributed by atoms with E-state index in [9.17, 15) is 4.79 Å². The van der Waals surface area contributed by atoms with Gasteiger partial charge < -0.3 is 14.8 Å². The molecule has 0 aromatic carbocycles. The van der Waals surface area contributed by atoms with Crippen molar-refractivity contribution in [1.82, 2.24) is 5.32 Å². The summed E-state index contributed by atoms with van der Waals surface area (Å²) in [5.74, 6) is -0.0212. The van der Waals surface area contributed by atoms with Gasteiger partial charge in [0, 0.05) is 13.2 Å². The summed E-state index contributed by atoms with van der Waals surface area (Å²) in [6.07, 6.45) is 3.67. The first-order valence-electron chi connectivity index (χ1n) is 4.86. The van der Waals surface area contributed by atoms with Gasteiger partial charge in [-0.05, 0) is 19.3 Å². The van der Waals surface area contributed by atoms with Gasteiger partial charge in [-0.3, -0.25) is 4.79 Å². The van der Waals surface area contributed by atoms with Crippen LogP contribution in [0.4, 0.5) is 0 Å². The molecular formula is C9H15NO3. The largest absolute Gasteiger partial charge is 0.375 e. The molecule has 2 rings (SSSR count). The van der Waals surface area contributed by atoms with Crippen molar-refractivity contribution in [2.24, 2.45) is 0 Å². The maximum Gasteiger partial charge on any atom is 0.246 e. The van der Waals surface area contributed by atoms with Crippen LogP contribution in [-0.2, 0) is 14.3 Å². The Bertz CT molecular complexity index is 179. The van der Waals surface area contributed by atoms with E-state index in [1.807, 2.05) is 0 Å². The van der Waals surface area contributed by atoms with Gasteiger partial charge in [-0.1, -0.05) is 0 Å². The van der Waals surface area contributed by atoms with E-state index in [1.54, 1.807) is 0 Å². The monoisotopic (exact) mass is 185 g/mol. The molecule has 0 aromatic rings. The quantitative estimate of drug-likeness (QED) is 0.629. The second-order valence-corrected chi connectivity index (χ2v) is 3.56. The zero-order valence-corrected chi connectivity index (χ0v) is 7.62. The first-order valence-corrected chi connectivity index (χ1v) is 4.86. The van der Waals surface area contributed by atoms with Gasteiger partial charge in [0.05, 0.1) is 6.10 Å². The van der Waals surface area contributed by atoms with Crippen molar-refractivity contribution in [3.8, 4) is 0 Å². The van der Waals surface area contributed by atoms with Crippen LogP contribution in [0.5, 0.6) is 0 Å². The Hall–Kier alpha value is -0.610. The molecule has 4 nitrogen and oxygen atoms in total. The fourth-order valence-electron chi connectivity index (χ4n) is 1.80. The third kappa shape index (κ3) is 2.19. The van der Waals surface area contributed by atoms with Crippen molar-refractivity contribution in [3.63, 3.8) is 0 Å². The van der Waals surface area contributed by atoms with Crippen LogP contribution in [0.3, 0.4) is 0 Å². The highest BCUT2D eigenvalue weighted by Crippen LogP contribution is 2.18. The van der Waals surface area contributed by atoms with Crippen molar-refractivity contribution in [3.05, 3.63) is 0 Å². The molecular weight excluding hydrogens is 170 g/mol. The van der Waals surface area contributed by atoms with Crippen molar-refractivity contribution < 1.29 is 14.3 Å². The smallest absolute Gasteiger partial charge is 0.246 e. The normalized spacial score (nSPS) is 35.5. The predicted octanol–water partition coefficient (Wildman–Crippen LogP) is 0.0705. The Morgan fingerprint density at radius 3 is 2.77 bits per heavy atom. The van der Waals surface area contributed by atoms with Crippen LogP contribution in [0.25, 0.3) is 0 Å². The standard InChI is InChI=1S/C9H15NO3/c11-9-6-13-8(5-10-9)7-3-1-2-4-12-7/h7-8H,1-6H2,(H,10,11). The third-order valence-electron chi connectivity index (χ3n) is 2.56. The summed E-state index contributed by atoms with van der Waals surface area (Å²) >= 11 is 0. The molecule has 2 saturated heterocycles. The highest BCUT2D eigenvalue weighted by Gasteiger charge is 2.28. The summed E-state index contributed by atoms with van der Waals surface area (Å²) in [6, 6.07) is 0. The van der Waals surface area contributed by atoms with E-state index >= 15 is 0 Å². The number of carbonyl (C=O) groups is 1. The van der Waals surface area contributed by atoms with Crippen LogP contribution in [0.15, 0.2) is 0 Å². The molecule has 0 aliphatic carbocycles. The average molecular weight is 185 g/mol. The van der Waals surface area contributed by atoms with Gasteiger partial charge in [-0.15, -0.1) is 0 Å². The molecule has 2 unspecified atom stereocenters. The molecule has 4 heteroatoms. The molecule has 2 atom stereocenters. The van der Waals surface area contributed by atoms with E-state index in [-0.39, 0.29) is 24.7 Å². The average Bonchev–Trinajstić information content (AvgIpc) is 2.20. The van der Waals surface area contributed by atoms with E-state index in [2.05, 4.69) is 5.32 Å². The summed E-state index contributed by atoms with van der Waals surface area (Å²) in [5, 5.41) is 2.79. The van der Waals surface area contributed by atoms with E-state index in [0.29, 0.717) is 6.54 Å². The minimum Gasteiger partial charge on any atom is -0.375 e. The lowest BCUT2D eigenvalue weighted by Gasteiger charge is -2.32. The first kappa shape index (κ1) is 8.97. The van der Waals surface area contributed by atoms with Gasteiger partial charge in [-0.25, -0.2) is 0 Å². The lowest BCUT2D eigenvalue weighted by Crippen LogP contribution is -2.49. The molecule has 0 aromatic heterocycles. The minimum atomic E-state index is -0.0212. The first-order chi connectivity index (χ1) is 6.36. The van der Waals surface area contributed by atoms with Crippen LogP contribution in [0.1, 0.15) is 19.3 Å². The molecule has 2 aliphatic rings. The van der Waals surface area contributed by atoms with Crippen LogP contribution < -0.4 is 5.32 Å². The number of amides is 1. The second-order valence-electron chi connectivity index (χ2n) is 3.56. The van der Waals surface area contributed by atoms with Gasteiger partial charge in [0.2, 0.25) is 5.91 Å². The maximum atomic E-state index is 10.8. The summed E-state index contributed by atoms with van der Waals surface area (Å²) in [7, 11) is 0. The van der Waals surface area contributed by atoms with Gasteiger partial charge in [-0.2, -0.15) is 0 Å². The summed E-state index contributed by atoms with van der Waals surface area (Å²) < 4.78 is 11.0. The Morgan fingerprint density at radius 2 is 2.15 bits per heavy atom. The minimum absolute atomic E-state index is 0.0212. The van der Waals surface area contributed by atoms with Crippen molar-refractivity contribution in [1.29, 1.82) is 0 Å². The molecule has 74 valence electrons. The summed E-state index contributed by atoms with van der Waals surface area (Å²) in [6.45, 7) is 1.62. The molecule has 0 bridgehead atoms. The van der Waals surface area contributed by atoms with Gasteiger partial charge in [0.1, 0.15) is 12.7 Å². The van der Waals surface area contributed by atoms with Crippen LogP contribution >= 0.6 is 0 Å². The van der Waals surface area contributed by atoms with Gasteiger partial charge >= 0.3 is 0 Å². The molecule has 13 heavy (non-hydrogen) atoms. The molecule has 0 radical (unpaired) electrons. The molecule has 0 spiro atoms. The van der Waals surface area contributed by atoms with Crippen molar-refractivity contribution in [2.75, 3.05) is 19.8 Å². The second kappa shape index (κ2) is 4.07. The number of nitrogens with one attached hydrogen (secondary N) is 1. The zero-order chi connectivity index (χ0) is 9.10. The van der Waals surface area contributed by atoms with E-state index in [1.165, 1.54) is 6.42 Å². The van der Waals surface area contributed by atoms with Crippen LogP contribution in [0.2, 0.25) is 0 Å². The number of hydrogen-bond donors (Lipinski definition) is 1. The summed E-state index contributed by atoms with van der Waals surface area (Å²) in [5.41, 5.74) is 0. The number of rotatable bonds is 1. The number of hydrogen-bond acceptors (Lipinski definition) is 3. The van der Waals surface area contributed by atoms with Gasteiger partial charge in [0.15, 0.2) is 0 Å². The topological polar surface area (TPSA) is 47.6 Å². The molecule has 2 fully saturated rings. The van der Waals surface area contributed by atoms with E-state index in [0.717, 1.165) is 19.4 Å². The predicted molar refractivity (Wildman–Crippen MR) is 46.3 cm³/mol. The van der Waals surface area contributed by atoms with Crippen molar-refractivity contribution in [2.45, 2.75) is 31.5 Å². The zero-order valence-electron chi connectivity index (χ0n) is 7.62. The third-order valence-corrected chi connectivity index (χ3v) is 2.56. The molecule has 2 heterocycles.